The highest BCUT2D eigenvalue weighted by atomic mass is 16.3. The highest BCUT2D eigenvalue weighted by Crippen LogP contribution is 2.21. The first kappa shape index (κ1) is 14.4. The van der Waals surface area contributed by atoms with Crippen LogP contribution in [0.3, 0.4) is 0 Å². The van der Waals surface area contributed by atoms with Gasteiger partial charge in [0.2, 0.25) is 0 Å². The summed E-state index contributed by atoms with van der Waals surface area (Å²) >= 11 is 0. The number of aromatic nitrogens is 2. The van der Waals surface area contributed by atoms with E-state index < -0.39 is 0 Å². The summed E-state index contributed by atoms with van der Waals surface area (Å²) in [7, 11) is 0. The van der Waals surface area contributed by atoms with Gasteiger partial charge in [0.05, 0.1) is 0 Å². The third-order valence-electron chi connectivity index (χ3n) is 2.68. The minimum absolute atomic E-state index is 0.00126. The van der Waals surface area contributed by atoms with Gasteiger partial charge in [0, 0.05) is 18.7 Å². The predicted molar refractivity (Wildman–Crippen MR) is 67.3 cm³/mol. The average molecular weight is 253 g/mol. The smallest absolute Gasteiger partial charge is 0.271 e. The number of amides is 1. The molecule has 1 rings (SSSR count). The lowest BCUT2D eigenvalue weighted by atomic mass is 9.85. The minimum Gasteiger partial charge on any atom is -0.396 e. The number of carbonyl (C=O) groups excluding carboxylic acids is 1. The molecule has 1 atom stereocenters. The van der Waals surface area contributed by atoms with Crippen LogP contribution in [0.2, 0.25) is 0 Å². The van der Waals surface area contributed by atoms with E-state index in [1.54, 1.807) is 0 Å². The van der Waals surface area contributed by atoms with Crippen LogP contribution >= 0.6 is 0 Å². The largest absolute Gasteiger partial charge is 0.396 e. The summed E-state index contributed by atoms with van der Waals surface area (Å²) in [5, 5.41) is 17.7. The van der Waals surface area contributed by atoms with Crippen LogP contribution in [-0.2, 0) is 0 Å². The van der Waals surface area contributed by atoms with Crippen LogP contribution in [0.15, 0.2) is 16.9 Å². The van der Waals surface area contributed by atoms with Crippen molar-refractivity contribution < 1.29 is 9.90 Å². The van der Waals surface area contributed by atoms with Crippen LogP contribution in [0.4, 0.5) is 0 Å². The molecule has 6 heteroatoms. The summed E-state index contributed by atoms with van der Waals surface area (Å²) in [6.07, 6.45) is 0.471. The molecule has 1 aromatic heterocycles. The highest BCUT2D eigenvalue weighted by molar-refractivity contribution is 5.92. The summed E-state index contributed by atoms with van der Waals surface area (Å²) in [5.41, 5.74) is -0.364. The molecule has 6 nitrogen and oxygen atoms in total. The zero-order valence-corrected chi connectivity index (χ0v) is 10.9. The van der Waals surface area contributed by atoms with Crippen molar-refractivity contribution in [3.63, 3.8) is 0 Å². The van der Waals surface area contributed by atoms with Gasteiger partial charge in [-0.2, -0.15) is 5.10 Å². The fourth-order valence-electron chi connectivity index (χ4n) is 1.55. The summed E-state index contributed by atoms with van der Waals surface area (Å²) < 4.78 is 0. The first-order valence-electron chi connectivity index (χ1n) is 5.82. The Labute approximate surface area is 105 Å². The Balaban J connectivity index is 2.78. The van der Waals surface area contributed by atoms with Crippen molar-refractivity contribution in [2.24, 2.45) is 5.41 Å². The van der Waals surface area contributed by atoms with Gasteiger partial charge in [-0.3, -0.25) is 9.59 Å². The lowest BCUT2D eigenvalue weighted by molar-refractivity contribution is 0.0879. The van der Waals surface area contributed by atoms with Crippen LogP contribution in [0, 0.1) is 5.41 Å². The number of hydrogen-bond acceptors (Lipinski definition) is 4. The Morgan fingerprint density at radius 3 is 2.61 bits per heavy atom. The number of aliphatic hydroxyl groups excluding tert-OH is 1. The lowest BCUT2D eigenvalue weighted by Gasteiger charge is -2.30. The maximum absolute atomic E-state index is 11.9. The molecular formula is C12H19N3O3. The summed E-state index contributed by atoms with van der Waals surface area (Å²) in [5.74, 6) is -0.361. The van der Waals surface area contributed by atoms with Crippen molar-refractivity contribution in [1.29, 1.82) is 0 Å². The van der Waals surface area contributed by atoms with E-state index in [2.05, 4.69) is 15.5 Å². The second-order valence-corrected chi connectivity index (χ2v) is 5.21. The van der Waals surface area contributed by atoms with E-state index in [4.69, 9.17) is 5.11 Å². The van der Waals surface area contributed by atoms with Crippen LogP contribution in [0.1, 0.15) is 37.7 Å². The SMILES string of the molecule is CC(C)(C)C(CCO)NC(=O)c1ccc(=O)[nH]n1. The first-order chi connectivity index (χ1) is 8.34. The Hall–Kier alpha value is -1.69. The molecule has 0 fully saturated rings. The molecule has 0 aliphatic carbocycles. The quantitative estimate of drug-likeness (QED) is 0.719. The van der Waals surface area contributed by atoms with Gasteiger partial charge in [-0.1, -0.05) is 20.8 Å². The normalized spacial score (nSPS) is 13.1. The molecule has 0 aliphatic rings. The molecule has 1 aromatic rings. The van der Waals surface area contributed by atoms with Gasteiger partial charge in [0.1, 0.15) is 5.69 Å². The molecule has 0 saturated heterocycles. The molecule has 0 saturated carbocycles. The Morgan fingerprint density at radius 1 is 1.50 bits per heavy atom. The molecule has 0 radical (unpaired) electrons. The van der Waals surface area contributed by atoms with Gasteiger partial charge in [-0.05, 0) is 17.9 Å². The molecule has 1 amide bonds. The second kappa shape index (κ2) is 5.77. The monoisotopic (exact) mass is 253 g/mol. The summed E-state index contributed by atoms with van der Waals surface area (Å²) in [6, 6.07) is 2.45. The number of carbonyl (C=O) groups is 1. The number of rotatable bonds is 4. The van der Waals surface area contributed by atoms with E-state index in [-0.39, 0.29) is 35.2 Å². The zero-order valence-electron chi connectivity index (χ0n) is 10.9. The molecular weight excluding hydrogens is 234 g/mol. The first-order valence-corrected chi connectivity index (χ1v) is 5.82. The van der Waals surface area contributed by atoms with Crippen molar-refractivity contribution in [2.75, 3.05) is 6.61 Å². The van der Waals surface area contributed by atoms with Gasteiger partial charge in [-0.25, -0.2) is 5.10 Å². The Bertz CT molecular complexity index is 442. The van der Waals surface area contributed by atoms with Crippen LogP contribution < -0.4 is 10.9 Å². The van der Waals surface area contributed by atoms with Gasteiger partial charge in [-0.15, -0.1) is 0 Å². The van der Waals surface area contributed by atoms with Crippen LogP contribution in [-0.4, -0.2) is 33.9 Å². The van der Waals surface area contributed by atoms with Gasteiger partial charge < -0.3 is 10.4 Å². The number of hydrogen-bond donors (Lipinski definition) is 3. The summed E-state index contributed by atoms with van der Waals surface area (Å²) in [4.78, 5) is 22.8. The maximum atomic E-state index is 11.9. The Kier molecular flexibility index (Phi) is 4.61. The molecule has 100 valence electrons. The van der Waals surface area contributed by atoms with Crippen LogP contribution in [0.25, 0.3) is 0 Å². The standard InChI is InChI=1S/C12H19N3O3/c1-12(2,3)9(6-7-16)13-11(18)8-4-5-10(17)15-14-8/h4-5,9,16H,6-7H2,1-3H3,(H,13,18)(H,15,17). The molecule has 0 aromatic carbocycles. The van der Waals surface area contributed by atoms with Crippen molar-refractivity contribution in [3.8, 4) is 0 Å². The van der Waals surface area contributed by atoms with Gasteiger partial charge in [0.15, 0.2) is 0 Å². The Morgan fingerprint density at radius 2 is 2.17 bits per heavy atom. The predicted octanol–water partition coefficient (Wildman–Crippen LogP) is 0.297. The molecule has 0 bridgehead atoms. The van der Waals surface area contributed by atoms with E-state index in [1.807, 2.05) is 20.8 Å². The second-order valence-electron chi connectivity index (χ2n) is 5.21. The fourth-order valence-corrected chi connectivity index (χ4v) is 1.55. The molecule has 1 heterocycles. The van der Waals surface area contributed by atoms with E-state index in [1.165, 1.54) is 12.1 Å². The molecule has 1 unspecified atom stereocenters. The lowest BCUT2D eigenvalue weighted by Crippen LogP contribution is -2.44. The minimum atomic E-state index is -0.361. The molecule has 3 N–H and O–H groups in total. The number of aliphatic hydroxyl groups is 1. The number of H-pyrrole nitrogens is 1. The van der Waals surface area contributed by atoms with Crippen molar-refractivity contribution in [1.82, 2.24) is 15.5 Å². The van der Waals surface area contributed by atoms with E-state index >= 15 is 0 Å². The van der Waals surface area contributed by atoms with E-state index in [9.17, 15) is 9.59 Å². The fraction of sp³-hybridized carbons (Fsp3) is 0.583. The topological polar surface area (TPSA) is 95.1 Å². The third kappa shape index (κ3) is 3.96. The molecule has 0 aliphatic heterocycles. The summed E-state index contributed by atoms with van der Waals surface area (Å²) in [6.45, 7) is 5.94. The van der Waals surface area contributed by atoms with Crippen molar-refractivity contribution >= 4 is 5.91 Å². The average Bonchev–Trinajstić information content (AvgIpc) is 2.28. The van der Waals surface area contributed by atoms with Gasteiger partial charge >= 0.3 is 0 Å². The van der Waals surface area contributed by atoms with E-state index in [0.717, 1.165) is 0 Å². The van der Waals surface area contributed by atoms with Gasteiger partial charge in [0.25, 0.3) is 11.5 Å². The molecule has 18 heavy (non-hydrogen) atoms. The highest BCUT2D eigenvalue weighted by Gasteiger charge is 2.26. The van der Waals surface area contributed by atoms with Crippen molar-refractivity contribution in [3.05, 3.63) is 28.2 Å². The number of nitrogens with zero attached hydrogens (tertiary/aromatic N) is 1. The molecule has 0 spiro atoms. The zero-order chi connectivity index (χ0) is 13.8. The maximum Gasteiger partial charge on any atom is 0.271 e. The number of aromatic amines is 1. The van der Waals surface area contributed by atoms with E-state index in [0.29, 0.717) is 6.42 Å². The third-order valence-corrected chi connectivity index (χ3v) is 2.68. The van der Waals surface area contributed by atoms with Crippen molar-refractivity contribution in [2.45, 2.75) is 33.2 Å². The number of nitrogens with one attached hydrogen (secondary N) is 2. The van der Waals surface area contributed by atoms with Crippen LogP contribution in [0.5, 0.6) is 0 Å².